The number of carbonyl (C=O) groups excluding carboxylic acids is 1. The number of amides is 2. The topological polar surface area (TPSA) is 79.0 Å². The number of hydrogen-bond acceptors (Lipinski definition) is 4. The lowest BCUT2D eigenvalue weighted by Crippen LogP contribution is -2.52. The van der Waals surface area contributed by atoms with Gasteiger partial charge in [0.1, 0.15) is 6.10 Å². The van der Waals surface area contributed by atoms with Gasteiger partial charge in [0.25, 0.3) is 0 Å². The molecule has 1 N–H and O–H groups in total. The number of ether oxygens (including phenoxy) is 1. The number of nitrogens with zero attached hydrogens (tertiary/aromatic N) is 2. The van der Waals surface area contributed by atoms with Crippen molar-refractivity contribution in [1.82, 2.24) is 14.5 Å². The van der Waals surface area contributed by atoms with Crippen molar-refractivity contribution in [1.29, 1.82) is 0 Å². The van der Waals surface area contributed by atoms with Crippen molar-refractivity contribution in [2.24, 2.45) is 0 Å². The van der Waals surface area contributed by atoms with E-state index in [-0.39, 0.29) is 18.2 Å². The molecule has 2 fully saturated rings. The molecule has 1 aromatic rings. The highest BCUT2D eigenvalue weighted by Crippen LogP contribution is 2.25. The van der Waals surface area contributed by atoms with Crippen LogP contribution < -0.4 is 5.32 Å². The van der Waals surface area contributed by atoms with Crippen molar-refractivity contribution in [3.63, 3.8) is 0 Å². The van der Waals surface area contributed by atoms with E-state index in [1.54, 1.807) is 4.90 Å². The number of piperidine rings is 1. The number of benzene rings is 1. The Morgan fingerprint density at radius 1 is 1.27 bits per heavy atom. The van der Waals surface area contributed by atoms with Crippen LogP contribution in [0.15, 0.2) is 28.7 Å². The summed E-state index contributed by atoms with van der Waals surface area (Å²) in [6.07, 6.45) is 2.36. The molecule has 2 heterocycles. The fourth-order valence-electron chi connectivity index (χ4n) is 3.34. The monoisotopic (exact) mass is 445 g/mol. The molecule has 3 rings (SSSR count). The van der Waals surface area contributed by atoms with E-state index in [1.807, 2.05) is 24.3 Å². The van der Waals surface area contributed by atoms with Gasteiger partial charge >= 0.3 is 6.03 Å². The third kappa shape index (κ3) is 4.97. The van der Waals surface area contributed by atoms with Crippen molar-refractivity contribution in [2.45, 2.75) is 25.0 Å². The number of nitrogens with one attached hydrogen (secondary N) is 1. The van der Waals surface area contributed by atoms with Gasteiger partial charge in [-0.05, 0) is 30.5 Å². The Bertz CT molecular complexity index is 750. The van der Waals surface area contributed by atoms with Gasteiger partial charge in [-0.1, -0.05) is 28.1 Å². The molecular weight excluding hydrogens is 422 g/mol. The van der Waals surface area contributed by atoms with Crippen molar-refractivity contribution in [3.8, 4) is 0 Å². The first-order valence-electron chi connectivity index (χ1n) is 8.70. The zero-order valence-electron chi connectivity index (χ0n) is 14.7. The Morgan fingerprint density at radius 3 is 2.65 bits per heavy atom. The van der Waals surface area contributed by atoms with Crippen LogP contribution in [0.5, 0.6) is 0 Å². The van der Waals surface area contributed by atoms with Crippen LogP contribution in [0.3, 0.4) is 0 Å². The van der Waals surface area contributed by atoms with Crippen LogP contribution >= 0.6 is 15.9 Å². The smallest absolute Gasteiger partial charge is 0.317 e. The van der Waals surface area contributed by atoms with E-state index in [1.165, 1.54) is 10.6 Å². The highest BCUT2D eigenvalue weighted by atomic mass is 79.9. The molecule has 7 nitrogen and oxygen atoms in total. The zero-order chi connectivity index (χ0) is 18.7. The number of morpholine rings is 1. The van der Waals surface area contributed by atoms with Gasteiger partial charge in [0.15, 0.2) is 0 Å². The summed E-state index contributed by atoms with van der Waals surface area (Å²) in [6, 6.07) is 7.82. The molecule has 2 aliphatic rings. The molecule has 0 radical (unpaired) electrons. The SMILES string of the molecule is CS(=O)(=O)N1CCC(NC(=O)N2CCOC(c3cccc(Br)c3)C2)CC1. The maximum absolute atomic E-state index is 12.6. The highest BCUT2D eigenvalue weighted by Gasteiger charge is 2.29. The van der Waals surface area contributed by atoms with E-state index in [0.29, 0.717) is 45.6 Å². The van der Waals surface area contributed by atoms with Crippen LogP contribution in [0.4, 0.5) is 4.79 Å². The standard InChI is InChI=1S/C17H24BrN3O4S/c1-26(23,24)21-7-5-15(6-8-21)19-17(22)20-9-10-25-16(12-20)13-3-2-4-14(18)11-13/h2-4,11,15-16H,5-10,12H2,1H3,(H,19,22). The summed E-state index contributed by atoms with van der Waals surface area (Å²) in [7, 11) is -3.15. The summed E-state index contributed by atoms with van der Waals surface area (Å²) in [5, 5.41) is 3.04. The van der Waals surface area contributed by atoms with E-state index < -0.39 is 10.0 Å². The largest absolute Gasteiger partial charge is 0.370 e. The number of sulfonamides is 1. The molecule has 1 atom stereocenters. The van der Waals surface area contributed by atoms with Crippen LogP contribution in [0.25, 0.3) is 0 Å². The molecule has 2 amide bonds. The molecule has 2 saturated heterocycles. The molecule has 0 bridgehead atoms. The van der Waals surface area contributed by atoms with Crippen molar-refractivity contribution in [3.05, 3.63) is 34.3 Å². The fourth-order valence-corrected chi connectivity index (χ4v) is 4.63. The summed E-state index contributed by atoms with van der Waals surface area (Å²) in [5.41, 5.74) is 1.04. The first-order chi connectivity index (χ1) is 12.3. The normalized spacial score (nSPS) is 23.0. The molecule has 0 saturated carbocycles. The Morgan fingerprint density at radius 2 is 2.00 bits per heavy atom. The lowest BCUT2D eigenvalue weighted by atomic mass is 10.1. The van der Waals surface area contributed by atoms with Gasteiger partial charge in [0.05, 0.1) is 19.4 Å². The average molecular weight is 446 g/mol. The molecule has 9 heteroatoms. The van der Waals surface area contributed by atoms with Crippen LogP contribution in [0, 0.1) is 0 Å². The van der Waals surface area contributed by atoms with E-state index in [2.05, 4.69) is 21.2 Å². The fraction of sp³-hybridized carbons (Fsp3) is 0.588. The quantitative estimate of drug-likeness (QED) is 0.770. The summed E-state index contributed by atoms with van der Waals surface area (Å²) in [4.78, 5) is 14.4. The van der Waals surface area contributed by atoms with Crippen LogP contribution in [0.2, 0.25) is 0 Å². The second kappa shape index (κ2) is 8.24. The van der Waals surface area contributed by atoms with E-state index >= 15 is 0 Å². The second-order valence-corrected chi connectivity index (χ2v) is 9.64. The van der Waals surface area contributed by atoms with Gasteiger partial charge in [0.2, 0.25) is 10.0 Å². The first kappa shape index (κ1) is 19.6. The molecule has 1 unspecified atom stereocenters. The number of urea groups is 1. The molecule has 0 spiro atoms. The Balaban J connectivity index is 1.53. The predicted octanol–water partition coefficient (Wildman–Crippen LogP) is 1.96. The molecule has 26 heavy (non-hydrogen) atoms. The van der Waals surface area contributed by atoms with Gasteiger partial charge in [0, 0.05) is 30.1 Å². The second-order valence-electron chi connectivity index (χ2n) is 6.75. The minimum Gasteiger partial charge on any atom is -0.370 e. The average Bonchev–Trinajstić information content (AvgIpc) is 2.61. The Labute approximate surface area is 162 Å². The highest BCUT2D eigenvalue weighted by molar-refractivity contribution is 9.10. The molecule has 0 aliphatic carbocycles. The summed E-state index contributed by atoms with van der Waals surface area (Å²) >= 11 is 3.46. The summed E-state index contributed by atoms with van der Waals surface area (Å²) < 4.78 is 31.4. The molecule has 0 aromatic heterocycles. The van der Waals surface area contributed by atoms with Gasteiger partial charge in [-0.3, -0.25) is 0 Å². The number of carbonyl (C=O) groups is 1. The lowest BCUT2D eigenvalue weighted by Gasteiger charge is -2.36. The van der Waals surface area contributed by atoms with E-state index in [4.69, 9.17) is 4.74 Å². The van der Waals surface area contributed by atoms with Gasteiger partial charge < -0.3 is 15.0 Å². The minimum atomic E-state index is -3.15. The van der Waals surface area contributed by atoms with Gasteiger partial charge in [-0.25, -0.2) is 17.5 Å². The predicted molar refractivity (Wildman–Crippen MR) is 102 cm³/mol. The summed E-state index contributed by atoms with van der Waals surface area (Å²) in [6.45, 7) is 2.46. The van der Waals surface area contributed by atoms with Crippen molar-refractivity contribution < 1.29 is 17.9 Å². The Kier molecular flexibility index (Phi) is 6.21. The molecular formula is C17H24BrN3O4S. The summed E-state index contributed by atoms with van der Waals surface area (Å²) in [5.74, 6) is 0. The van der Waals surface area contributed by atoms with Crippen molar-refractivity contribution >= 4 is 32.0 Å². The third-order valence-corrected chi connectivity index (χ3v) is 6.62. The number of halogens is 1. The number of rotatable bonds is 3. The lowest BCUT2D eigenvalue weighted by molar-refractivity contribution is -0.0160. The van der Waals surface area contributed by atoms with E-state index in [9.17, 15) is 13.2 Å². The maximum Gasteiger partial charge on any atom is 0.317 e. The number of hydrogen-bond donors (Lipinski definition) is 1. The molecule has 1 aromatic carbocycles. The van der Waals surface area contributed by atoms with Crippen LogP contribution in [0.1, 0.15) is 24.5 Å². The van der Waals surface area contributed by atoms with E-state index in [0.717, 1.165) is 10.0 Å². The van der Waals surface area contributed by atoms with Gasteiger partial charge in [-0.2, -0.15) is 0 Å². The first-order valence-corrected chi connectivity index (χ1v) is 11.3. The van der Waals surface area contributed by atoms with Crippen LogP contribution in [-0.2, 0) is 14.8 Å². The van der Waals surface area contributed by atoms with Crippen LogP contribution in [-0.4, -0.2) is 68.7 Å². The molecule has 144 valence electrons. The Hall–Kier alpha value is -1.16. The minimum absolute atomic E-state index is 0.00710. The van der Waals surface area contributed by atoms with Crippen molar-refractivity contribution in [2.75, 3.05) is 39.0 Å². The van der Waals surface area contributed by atoms with Gasteiger partial charge in [-0.15, -0.1) is 0 Å². The third-order valence-electron chi connectivity index (χ3n) is 4.82. The zero-order valence-corrected chi connectivity index (χ0v) is 17.1. The molecule has 2 aliphatic heterocycles. The maximum atomic E-state index is 12.6.